The third-order valence-electron chi connectivity index (χ3n) is 3.70. The molecular formula is C16H25N3O2. The first-order valence-corrected chi connectivity index (χ1v) is 7.44. The van der Waals surface area contributed by atoms with Gasteiger partial charge >= 0.3 is 0 Å². The van der Waals surface area contributed by atoms with Crippen LogP contribution in [0.1, 0.15) is 59.3 Å². The highest BCUT2D eigenvalue weighted by Crippen LogP contribution is 2.34. The van der Waals surface area contributed by atoms with E-state index >= 15 is 0 Å². The SMILES string of the molecule is CC(C)N1C(=O)[C@H](C)n2cccc2C1C(=O)NC(C)(C)C. The van der Waals surface area contributed by atoms with Gasteiger partial charge in [-0.3, -0.25) is 9.59 Å². The molecule has 2 atom stereocenters. The second kappa shape index (κ2) is 5.20. The van der Waals surface area contributed by atoms with Crippen LogP contribution in [0.5, 0.6) is 0 Å². The topological polar surface area (TPSA) is 54.3 Å². The standard InChI is InChI=1S/C16H25N3O2/c1-10(2)19-13(14(20)17-16(4,5)6)12-8-7-9-18(12)11(3)15(19)21/h7-11,13H,1-6H3,(H,17,20)/t11-,13?/m0/s1. The van der Waals surface area contributed by atoms with Crippen LogP contribution in [-0.4, -0.2) is 32.9 Å². The molecule has 2 rings (SSSR count). The molecule has 21 heavy (non-hydrogen) atoms. The van der Waals surface area contributed by atoms with E-state index < -0.39 is 6.04 Å². The maximum Gasteiger partial charge on any atom is 0.249 e. The van der Waals surface area contributed by atoms with Crippen molar-refractivity contribution >= 4 is 11.8 Å². The fourth-order valence-electron chi connectivity index (χ4n) is 2.85. The van der Waals surface area contributed by atoms with E-state index in [2.05, 4.69) is 5.32 Å². The van der Waals surface area contributed by atoms with Crippen LogP contribution >= 0.6 is 0 Å². The molecule has 0 saturated carbocycles. The van der Waals surface area contributed by atoms with Gasteiger partial charge in [0.2, 0.25) is 11.8 Å². The van der Waals surface area contributed by atoms with Crippen LogP contribution in [0, 0.1) is 0 Å². The molecule has 116 valence electrons. The Morgan fingerprint density at radius 3 is 2.48 bits per heavy atom. The molecule has 5 nitrogen and oxygen atoms in total. The van der Waals surface area contributed by atoms with Crippen LogP contribution in [0.15, 0.2) is 18.3 Å². The molecule has 0 saturated heterocycles. The van der Waals surface area contributed by atoms with Crippen molar-refractivity contribution in [2.75, 3.05) is 0 Å². The smallest absolute Gasteiger partial charge is 0.249 e. The summed E-state index contributed by atoms with van der Waals surface area (Å²) >= 11 is 0. The van der Waals surface area contributed by atoms with Crippen molar-refractivity contribution in [2.45, 2.75) is 65.2 Å². The predicted octanol–water partition coefficient (Wildman–Crippen LogP) is 2.26. The lowest BCUT2D eigenvalue weighted by Crippen LogP contribution is -2.55. The summed E-state index contributed by atoms with van der Waals surface area (Å²) in [5.74, 6) is -0.140. The quantitative estimate of drug-likeness (QED) is 0.908. The van der Waals surface area contributed by atoms with Crippen LogP contribution in [0.25, 0.3) is 0 Å². The number of nitrogens with one attached hydrogen (secondary N) is 1. The van der Waals surface area contributed by atoms with Crippen molar-refractivity contribution in [2.24, 2.45) is 0 Å². The largest absolute Gasteiger partial charge is 0.349 e. The Hall–Kier alpha value is -1.78. The van der Waals surface area contributed by atoms with Gasteiger partial charge in [0.05, 0.1) is 5.69 Å². The van der Waals surface area contributed by atoms with E-state index in [0.717, 1.165) is 5.69 Å². The first-order valence-electron chi connectivity index (χ1n) is 7.44. The van der Waals surface area contributed by atoms with E-state index in [1.807, 2.05) is 64.4 Å². The third kappa shape index (κ3) is 2.82. The average Bonchev–Trinajstić information content (AvgIpc) is 2.79. The Morgan fingerprint density at radius 1 is 1.33 bits per heavy atom. The van der Waals surface area contributed by atoms with E-state index in [1.165, 1.54) is 0 Å². The number of rotatable bonds is 2. The lowest BCUT2D eigenvalue weighted by atomic mass is 10.0. The molecule has 0 fully saturated rings. The Labute approximate surface area is 126 Å². The number of aromatic nitrogens is 1. The highest BCUT2D eigenvalue weighted by atomic mass is 16.2. The molecule has 0 bridgehead atoms. The molecule has 1 unspecified atom stereocenters. The van der Waals surface area contributed by atoms with Crippen molar-refractivity contribution in [3.8, 4) is 0 Å². The summed E-state index contributed by atoms with van der Waals surface area (Å²) in [5.41, 5.74) is 0.543. The number of carbonyl (C=O) groups is 2. The molecule has 1 aliphatic heterocycles. The molecular weight excluding hydrogens is 266 g/mol. The molecule has 0 spiro atoms. The number of hydrogen-bond donors (Lipinski definition) is 1. The number of hydrogen-bond acceptors (Lipinski definition) is 2. The van der Waals surface area contributed by atoms with Gasteiger partial charge in [0.25, 0.3) is 0 Å². The van der Waals surface area contributed by atoms with Crippen LogP contribution in [0.4, 0.5) is 0 Å². The summed E-state index contributed by atoms with van der Waals surface area (Å²) in [5, 5.41) is 2.99. The molecule has 2 amide bonds. The molecule has 5 heteroatoms. The highest BCUT2D eigenvalue weighted by molar-refractivity contribution is 5.92. The first kappa shape index (κ1) is 15.6. The Morgan fingerprint density at radius 2 is 1.95 bits per heavy atom. The van der Waals surface area contributed by atoms with Crippen LogP contribution in [0.3, 0.4) is 0 Å². The summed E-state index contributed by atoms with van der Waals surface area (Å²) in [4.78, 5) is 27.1. The molecule has 0 aromatic carbocycles. The van der Waals surface area contributed by atoms with Gasteiger partial charge in [-0.1, -0.05) is 0 Å². The van der Waals surface area contributed by atoms with Crippen LogP contribution in [-0.2, 0) is 9.59 Å². The second-order valence-corrected chi connectivity index (χ2v) is 7.00. The van der Waals surface area contributed by atoms with E-state index in [4.69, 9.17) is 0 Å². The normalized spacial score (nSPS) is 22.4. The molecule has 0 radical (unpaired) electrons. The van der Waals surface area contributed by atoms with Gasteiger partial charge in [-0.2, -0.15) is 0 Å². The van der Waals surface area contributed by atoms with E-state index in [9.17, 15) is 9.59 Å². The van der Waals surface area contributed by atoms with Crippen molar-refractivity contribution < 1.29 is 9.59 Å². The molecule has 1 aliphatic rings. The molecule has 2 heterocycles. The average molecular weight is 291 g/mol. The van der Waals surface area contributed by atoms with Gasteiger partial charge in [0.1, 0.15) is 6.04 Å². The van der Waals surface area contributed by atoms with Crippen molar-refractivity contribution in [1.29, 1.82) is 0 Å². The lowest BCUT2D eigenvalue weighted by Gasteiger charge is -2.42. The summed E-state index contributed by atoms with van der Waals surface area (Å²) in [6.45, 7) is 11.6. The summed E-state index contributed by atoms with van der Waals surface area (Å²) in [7, 11) is 0. The molecule has 0 aliphatic carbocycles. The zero-order valence-corrected chi connectivity index (χ0v) is 13.7. The van der Waals surface area contributed by atoms with Crippen LogP contribution in [0.2, 0.25) is 0 Å². The van der Waals surface area contributed by atoms with E-state index in [0.29, 0.717) is 0 Å². The van der Waals surface area contributed by atoms with Gasteiger partial charge in [-0.25, -0.2) is 0 Å². The van der Waals surface area contributed by atoms with Crippen molar-refractivity contribution in [1.82, 2.24) is 14.8 Å². The van der Waals surface area contributed by atoms with Gasteiger partial charge in [0.15, 0.2) is 6.04 Å². The number of fused-ring (bicyclic) bond motifs is 1. The van der Waals surface area contributed by atoms with E-state index in [1.54, 1.807) is 4.90 Å². The van der Waals surface area contributed by atoms with E-state index in [-0.39, 0.29) is 29.4 Å². The monoisotopic (exact) mass is 291 g/mol. The Kier molecular flexibility index (Phi) is 3.87. The molecule has 1 aromatic heterocycles. The van der Waals surface area contributed by atoms with Gasteiger partial charge < -0.3 is 14.8 Å². The molecule has 1 aromatic rings. The van der Waals surface area contributed by atoms with Crippen LogP contribution < -0.4 is 5.32 Å². The fourth-order valence-corrected chi connectivity index (χ4v) is 2.85. The fraction of sp³-hybridized carbons (Fsp3) is 0.625. The maximum absolute atomic E-state index is 12.7. The predicted molar refractivity (Wildman–Crippen MR) is 81.8 cm³/mol. The maximum atomic E-state index is 12.7. The summed E-state index contributed by atoms with van der Waals surface area (Å²) < 4.78 is 1.90. The van der Waals surface area contributed by atoms with Gasteiger partial charge in [0, 0.05) is 17.8 Å². The zero-order valence-electron chi connectivity index (χ0n) is 13.7. The Balaban J connectivity index is 2.47. The number of amides is 2. The number of nitrogens with zero attached hydrogens (tertiary/aromatic N) is 2. The lowest BCUT2D eigenvalue weighted by molar-refractivity contribution is -0.148. The van der Waals surface area contributed by atoms with Gasteiger partial charge in [-0.15, -0.1) is 0 Å². The number of carbonyl (C=O) groups excluding carboxylic acids is 2. The Bertz CT molecular complexity index is 554. The second-order valence-electron chi connectivity index (χ2n) is 7.00. The minimum atomic E-state index is -0.567. The first-order chi connectivity index (χ1) is 9.63. The third-order valence-corrected chi connectivity index (χ3v) is 3.70. The van der Waals surface area contributed by atoms with Crippen molar-refractivity contribution in [3.63, 3.8) is 0 Å². The summed E-state index contributed by atoms with van der Waals surface area (Å²) in [6.07, 6.45) is 1.87. The summed E-state index contributed by atoms with van der Waals surface area (Å²) in [6, 6.07) is 2.95. The minimum absolute atomic E-state index is 0.0113. The zero-order chi connectivity index (χ0) is 15.9. The van der Waals surface area contributed by atoms with Gasteiger partial charge in [-0.05, 0) is 53.7 Å². The molecule has 1 N–H and O–H groups in total. The highest BCUT2D eigenvalue weighted by Gasteiger charge is 2.42. The van der Waals surface area contributed by atoms with Crippen molar-refractivity contribution in [3.05, 3.63) is 24.0 Å². The minimum Gasteiger partial charge on any atom is -0.349 e.